The van der Waals surface area contributed by atoms with Crippen LogP contribution in [0.15, 0.2) is 63.2 Å². The lowest BCUT2D eigenvalue weighted by atomic mass is 10.2. The van der Waals surface area contributed by atoms with Crippen molar-refractivity contribution in [2.24, 2.45) is 10.2 Å². The monoisotopic (exact) mass is 431 g/mol. The van der Waals surface area contributed by atoms with Gasteiger partial charge in [-0.3, -0.25) is 9.69 Å². The molecule has 0 N–H and O–H groups in total. The molecule has 2 aromatic rings. The fraction of sp³-hybridized carbons (Fsp3) is 0.211. The van der Waals surface area contributed by atoms with Crippen molar-refractivity contribution in [3.63, 3.8) is 0 Å². The topological polar surface area (TPSA) is 54.3 Å². The average Bonchev–Trinajstić information content (AvgIpc) is 2.90. The van der Waals surface area contributed by atoms with E-state index in [0.29, 0.717) is 17.5 Å². The summed E-state index contributed by atoms with van der Waals surface area (Å²) < 4.78 is 6.25. The molecule has 1 unspecified atom stereocenters. The van der Waals surface area contributed by atoms with Gasteiger partial charge in [-0.1, -0.05) is 58.0 Å². The summed E-state index contributed by atoms with van der Waals surface area (Å²) in [5, 5.41) is 8.92. The minimum Gasteiger partial charge on any atom is -0.496 e. The van der Waals surface area contributed by atoms with E-state index in [1.54, 1.807) is 18.2 Å². The zero-order valence-corrected chi connectivity index (χ0v) is 16.8. The fourth-order valence-corrected chi connectivity index (χ4v) is 3.82. The number of ether oxygens (including phenoxy) is 1. The van der Waals surface area contributed by atoms with Gasteiger partial charge >= 0.3 is 0 Å². The van der Waals surface area contributed by atoms with Crippen molar-refractivity contribution in [3.05, 3.63) is 64.1 Å². The number of hydrogen-bond donors (Lipinski definition) is 0. The number of hydrogen-bond acceptors (Lipinski definition) is 5. The van der Waals surface area contributed by atoms with E-state index in [1.165, 1.54) is 11.8 Å². The van der Waals surface area contributed by atoms with Crippen LogP contribution in [0.2, 0.25) is 0 Å². The Morgan fingerprint density at radius 1 is 1.27 bits per heavy atom. The van der Waals surface area contributed by atoms with E-state index in [2.05, 4.69) is 26.1 Å². The third kappa shape index (κ3) is 4.34. The van der Waals surface area contributed by atoms with Gasteiger partial charge in [-0.25, -0.2) is 0 Å². The lowest BCUT2D eigenvalue weighted by molar-refractivity contribution is -0.126. The molecule has 3 rings (SSSR count). The quantitative estimate of drug-likeness (QED) is 0.523. The first-order valence-electron chi connectivity index (χ1n) is 8.05. The SMILES string of the molecule is COc1ccc(Br)cc1/C=N/N=C1\SC(C)C(=O)N1Cc1ccccc1. The van der Waals surface area contributed by atoms with Crippen LogP contribution < -0.4 is 4.74 Å². The molecule has 2 aromatic carbocycles. The second-order valence-corrected chi connectivity index (χ2v) is 7.91. The number of thioether (sulfide) groups is 1. The molecule has 0 bridgehead atoms. The molecule has 1 aliphatic rings. The third-order valence-corrected chi connectivity index (χ3v) is 5.40. The summed E-state index contributed by atoms with van der Waals surface area (Å²) in [5.41, 5.74) is 1.86. The number of nitrogens with zero attached hydrogens (tertiary/aromatic N) is 3. The van der Waals surface area contributed by atoms with Crippen molar-refractivity contribution in [1.29, 1.82) is 0 Å². The van der Waals surface area contributed by atoms with Gasteiger partial charge in [0.25, 0.3) is 0 Å². The van der Waals surface area contributed by atoms with Crippen LogP contribution in [-0.2, 0) is 11.3 Å². The normalized spacial score (nSPS) is 18.9. The first-order chi connectivity index (χ1) is 12.6. The summed E-state index contributed by atoms with van der Waals surface area (Å²) in [6.07, 6.45) is 1.63. The summed E-state index contributed by atoms with van der Waals surface area (Å²) in [5.74, 6) is 0.759. The van der Waals surface area contributed by atoms with Crippen LogP contribution in [0.4, 0.5) is 0 Å². The van der Waals surface area contributed by atoms with Gasteiger partial charge in [0, 0.05) is 10.0 Å². The predicted octanol–water partition coefficient (Wildman–Crippen LogP) is 4.31. The molecule has 0 aromatic heterocycles. The van der Waals surface area contributed by atoms with E-state index < -0.39 is 0 Å². The van der Waals surface area contributed by atoms with Gasteiger partial charge in [0.1, 0.15) is 5.75 Å². The average molecular weight is 432 g/mol. The molecule has 1 atom stereocenters. The van der Waals surface area contributed by atoms with Gasteiger partial charge < -0.3 is 4.74 Å². The number of carbonyl (C=O) groups excluding carboxylic acids is 1. The van der Waals surface area contributed by atoms with Gasteiger partial charge in [0.05, 0.1) is 25.1 Å². The Labute approximate surface area is 165 Å². The Balaban J connectivity index is 1.82. The maximum absolute atomic E-state index is 12.4. The molecule has 1 heterocycles. The van der Waals surface area contributed by atoms with E-state index in [1.807, 2.05) is 55.5 Å². The number of halogens is 1. The van der Waals surface area contributed by atoms with E-state index in [0.717, 1.165) is 15.6 Å². The van der Waals surface area contributed by atoms with E-state index in [-0.39, 0.29) is 11.2 Å². The van der Waals surface area contributed by atoms with Crippen LogP contribution in [-0.4, -0.2) is 34.5 Å². The van der Waals surface area contributed by atoms with Crippen LogP contribution in [0.25, 0.3) is 0 Å². The highest BCUT2D eigenvalue weighted by Crippen LogP contribution is 2.28. The van der Waals surface area contributed by atoms with Gasteiger partial charge in [0.15, 0.2) is 5.17 Å². The van der Waals surface area contributed by atoms with Crippen LogP contribution >= 0.6 is 27.7 Å². The fourth-order valence-electron chi connectivity index (χ4n) is 2.52. The van der Waals surface area contributed by atoms with Crippen molar-refractivity contribution in [3.8, 4) is 5.75 Å². The van der Waals surface area contributed by atoms with Crippen molar-refractivity contribution in [1.82, 2.24) is 4.90 Å². The van der Waals surface area contributed by atoms with E-state index >= 15 is 0 Å². The van der Waals surface area contributed by atoms with Crippen molar-refractivity contribution >= 4 is 45.0 Å². The van der Waals surface area contributed by atoms with Gasteiger partial charge in [-0.05, 0) is 30.7 Å². The van der Waals surface area contributed by atoms with Gasteiger partial charge in [0.2, 0.25) is 5.91 Å². The Morgan fingerprint density at radius 2 is 2.04 bits per heavy atom. The molecule has 1 amide bonds. The van der Waals surface area contributed by atoms with Crippen LogP contribution in [0.1, 0.15) is 18.1 Å². The summed E-state index contributed by atoms with van der Waals surface area (Å²) in [7, 11) is 1.61. The maximum atomic E-state index is 12.4. The standard InChI is InChI=1S/C19H18BrN3O2S/c1-13-18(24)23(12-14-6-4-3-5-7-14)19(26-13)22-21-11-15-10-16(20)8-9-17(15)25-2/h3-11,13H,12H2,1-2H3/b21-11+,22-19-. The van der Waals surface area contributed by atoms with Crippen LogP contribution in [0, 0.1) is 0 Å². The maximum Gasteiger partial charge on any atom is 0.242 e. The highest BCUT2D eigenvalue weighted by atomic mass is 79.9. The smallest absolute Gasteiger partial charge is 0.242 e. The number of methoxy groups -OCH3 is 1. The molecule has 1 aliphatic heterocycles. The van der Waals surface area contributed by atoms with Crippen molar-refractivity contribution in [2.45, 2.75) is 18.7 Å². The molecule has 5 nitrogen and oxygen atoms in total. The molecule has 0 aliphatic carbocycles. The molecule has 0 radical (unpaired) electrons. The van der Waals surface area contributed by atoms with Crippen LogP contribution in [0.3, 0.4) is 0 Å². The molecule has 0 saturated carbocycles. The van der Waals surface area contributed by atoms with Crippen LogP contribution in [0.5, 0.6) is 5.75 Å². The highest BCUT2D eigenvalue weighted by molar-refractivity contribution is 9.10. The van der Waals surface area contributed by atoms with Gasteiger partial charge in [-0.2, -0.15) is 5.10 Å². The lowest BCUT2D eigenvalue weighted by Crippen LogP contribution is -2.30. The van der Waals surface area contributed by atoms with E-state index in [4.69, 9.17) is 4.74 Å². The second-order valence-electron chi connectivity index (χ2n) is 5.68. The molecule has 26 heavy (non-hydrogen) atoms. The minimum atomic E-state index is -0.159. The number of carbonyl (C=O) groups is 1. The molecular weight excluding hydrogens is 414 g/mol. The Bertz CT molecular complexity index is 855. The lowest BCUT2D eigenvalue weighted by Gasteiger charge is -2.15. The first kappa shape index (κ1) is 18.7. The zero-order valence-electron chi connectivity index (χ0n) is 14.4. The third-order valence-electron chi connectivity index (χ3n) is 3.84. The van der Waals surface area contributed by atoms with E-state index in [9.17, 15) is 4.79 Å². The highest BCUT2D eigenvalue weighted by Gasteiger charge is 2.35. The Hall–Kier alpha value is -2.12. The number of amidine groups is 1. The number of benzene rings is 2. The summed E-state index contributed by atoms with van der Waals surface area (Å²) >= 11 is 4.86. The molecule has 1 fully saturated rings. The van der Waals surface area contributed by atoms with Gasteiger partial charge in [-0.15, -0.1) is 5.10 Å². The molecule has 1 saturated heterocycles. The Kier molecular flexibility index (Phi) is 6.11. The summed E-state index contributed by atoms with van der Waals surface area (Å²) in [4.78, 5) is 14.1. The minimum absolute atomic E-state index is 0.0489. The predicted molar refractivity (Wildman–Crippen MR) is 110 cm³/mol. The molecule has 7 heteroatoms. The first-order valence-corrected chi connectivity index (χ1v) is 9.72. The molecular formula is C19H18BrN3O2S. The number of rotatable bonds is 5. The largest absolute Gasteiger partial charge is 0.496 e. The zero-order chi connectivity index (χ0) is 18.5. The summed E-state index contributed by atoms with van der Waals surface area (Å²) in [6.45, 7) is 2.38. The number of amides is 1. The second kappa shape index (κ2) is 8.51. The molecule has 134 valence electrons. The summed E-state index contributed by atoms with van der Waals surface area (Å²) in [6, 6.07) is 15.5. The van der Waals surface area contributed by atoms with Crippen molar-refractivity contribution in [2.75, 3.05) is 7.11 Å². The Morgan fingerprint density at radius 3 is 2.77 bits per heavy atom. The van der Waals surface area contributed by atoms with Crippen molar-refractivity contribution < 1.29 is 9.53 Å². The molecule has 0 spiro atoms.